The Labute approximate surface area is 123 Å². The highest BCUT2D eigenvalue weighted by Gasteiger charge is 2.29. The minimum Gasteiger partial charge on any atom is -0.395 e. The predicted octanol–water partition coefficient (Wildman–Crippen LogP) is 3.57. The van der Waals surface area contributed by atoms with Gasteiger partial charge in [0.1, 0.15) is 0 Å². The second kappa shape index (κ2) is 7.28. The molecule has 0 aliphatic carbocycles. The van der Waals surface area contributed by atoms with Gasteiger partial charge in [0.25, 0.3) is 0 Å². The predicted molar refractivity (Wildman–Crippen MR) is 82.8 cm³/mol. The first-order valence-corrected chi connectivity index (χ1v) is 7.05. The zero-order valence-corrected chi connectivity index (χ0v) is 13.0. The smallest absolute Gasteiger partial charge is 0.0587 e. The second-order valence-corrected chi connectivity index (χ2v) is 5.80. The van der Waals surface area contributed by atoms with E-state index in [9.17, 15) is 5.11 Å². The Morgan fingerprint density at radius 1 is 1.26 bits per heavy atom. The summed E-state index contributed by atoms with van der Waals surface area (Å²) >= 11 is 0. The van der Waals surface area contributed by atoms with Crippen LogP contribution in [0, 0.1) is 12.8 Å². The zero-order chi connectivity index (χ0) is 13.1. The van der Waals surface area contributed by atoms with Crippen molar-refractivity contribution < 1.29 is 5.11 Å². The zero-order valence-electron chi connectivity index (χ0n) is 12.2. The maximum absolute atomic E-state index is 9.55. The van der Waals surface area contributed by atoms with Crippen molar-refractivity contribution >= 4 is 12.4 Å². The van der Waals surface area contributed by atoms with Crippen molar-refractivity contribution in [2.75, 3.05) is 13.2 Å². The minimum absolute atomic E-state index is 0. The van der Waals surface area contributed by atoms with Crippen molar-refractivity contribution in [1.82, 2.24) is 4.90 Å². The van der Waals surface area contributed by atoms with Crippen molar-refractivity contribution in [1.29, 1.82) is 0 Å². The molecule has 3 atom stereocenters. The van der Waals surface area contributed by atoms with Gasteiger partial charge in [-0.3, -0.25) is 4.90 Å². The van der Waals surface area contributed by atoms with Gasteiger partial charge in [-0.2, -0.15) is 0 Å². The molecule has 3 heteroatoms. The Balaban J connectivity index is 0.00000180. The summed E-state index contributed by atoms with van der Waals surface area (Å²) in [4.78, 5) is 2.47. The summed E-state index contributed by atoms with van der Waals surface area (Å²) in [5.41, 5.74) is 2.66. The Hall–Kier alpha value is -0.570. The fraction of sp³-hybridized carbons (Fsp3) is 0.625. The summed E-state index contributed by atoms with van der Waals surface area (Å²) in [5.74, 6) is 0.737. The molecule has 2 nitrogen and oxygen atoms in total. The third-order valence-corrected chi connectivity index (χ3v) is 4.25. The van der Waals surface area contributed by atoms with Crippen molar-refractivity contribution in [3.8, 4) is 0 Å². The Morgan fingerprint density at radius 3 is 2.47 bits per heavy atom. The monoisotopic (exact) mass is 283 g/mol. The van der Waals surface area contributed by atoms with E-state index in [2.05, 4.69) is 49.9 Å². The van der Waals surface area contributed by atoms with Crippen molar-refractivity contribution in [3.05, 3.63) is 35.4 Å². The van der Waals surface area contributed by atoms with E-state index in [1.165, 1.54) is 17.5 Å². The van der Waals surface area contributed by atoms with Crippen LogP contribution in [0.15, 0.2) is 24.3 Å². The number of aliphatic hydroxyl groups excluding tert-OH is 1. The van der Waals surface area contributed by atoms with E-state index in [0.717, 1.165) is 18.9 Å². The molecule has 1 aliphatic heterocycles. The first kappa shape index (κ1) is 16.5. The molecular formula is C16H26ClNO. The molecular weight excluding hydrogens is 258 g/mol. The summed E-state index contributed by atoms with van der Waals surface area (Å²) < 4.78 is 0. The van der Waals surface area contributed by atoms with E-state index >= 15 is 0 Å². The number of halogens is 1. The van der Waals surface area contributed by atoms with Gasteiger partial charge >= 0.3 is 0 Å². The van der Waals surface area contributed by atoms with E-state index in [1.54, 1.807) is 0 Å². The topological polar surface area (TPSA) is 23.5 Å². The normalized spacial score (nSPS) is 25.7. The Kier molecular flexibility index (Phi) is 6.31. The van der Waals surface area contributed by atoms with Crippen LogP contribution in [0.4, 0.5) is 0 Å². The van der Waals surface area contributed by atoms with E-state index < -0.39 is 0 Å². The molecule has 1 unspecified atom stereocenters. The highest BCUT2D eigenvalue weighted by Crippen LogP contribution is 2.30. The summed E-state index contributed by atoms with van der Waals surface area (Å²) in [6.07, 6.45) is 2.36. The highest BCUT2D eigenvalue weighted by molar-refractivity contribution is 5.85. The van der Waals surface area contributed by atoms with E-state index in [1.807, 2.05) is 0 Å². The van der Waals surface area contributed by atoms with Crippen LogP contribution in [0.1, 0.15) is 43.9 Å². The molecule has 19 heavy (non-hydrogen) atoms. The third kappa shape index (κ3) is 3.95. The van der Waals surface area contributed by atoms with Gasteiger partial charge in [0, 0.05) is 18.6 Å². The lowest BCUT2D eigenvalue weighted by atomic mass is 9.91. The SMILES string of the molecule is Cc1ccc(C(C)N2C[C@H](C)CC[C@H]2CO)cc1.Cl. The van der Waals surface area contributed by atoms with Crippen LogP contribution in [0.3, 0.4) is 0 Å². The fourth-order valence-electron chi connectivity index (χ4n) is 2.95. The van der Waals surface area contributed by atoms with E-state index in [-0.39, 0.29) is 19.0 Å². The van der Waals surface area contributed by atoms with Gasteiger partial charge in [0.15, 0.2) is 0 Å². The molecule has 1 aromatic carbocycles. The average Bonchev–Trinajstić information content (AvgIpc) is 2.39. The number of aliphatic hydroxyl groups is 1. The molecule has 0 spiro atoms. The minimum atomic E-state index is 0. The van der Waals surface area contributed by atoms with Crippen LogP contribution in [-0.4, -0.2) is 29.2 Å². The molecule has 2 rings (SSSR count). The van der Waals surface area contributed by atoms with Crippen molar-refractivity contribution in [2.45, 2.75) is 45.7 Å². The lowest BCUT2D eigenvalue weighted by Gasteiger charge is -2.41. The van der Waals surface area contributed by atoms with Gasteiger partial charge in [-0.25, -0.2) is 0 Å². The molecule has 108 valence electrons. The molecule has 1 saturated heterocycles. The molecule has 1 N–H and O–H groups in total. The quantitative estimate of drug-likeness (QED) is 0.917. The maximum Gasteiger partial charge on any atom is 0.0587 e. The standard InChI is InChI=1S/C16H25NO.ClH/c1-12-4-7-15(8-5-12)14(3)17-10-13(2)6-9-16(17)11-18;/h4-5,7-8,13-14,16,18H,6,9-11H2,1-3H3;1H/t13-,14?,16+;/m1./s1. The fourth-order valence-corrected chi connectivity index (χ4v) is 2.95. The Bertz CT molecular complexity index is 379. The van der Waals surface area contributed by atoms with Crippen LogP contribution in [0.25, 0.3) is 0 Å². The number of hydrogen-bond donors (Lipinski definition) is 1. The lowest BCUT2D eigenvalue weighted by Crippen LogP contribution is -2.45. The summed E-state index contributed by atoms with van der Waals surface area (Å²) in [5, 5.41) is 9.55. The third-order valence-electron chi connectivity index (χ3n) is 4.25. The van der Waals surface area contributed by atoms with Gasteiger partial charge < -0.3 is 5.11 Å². The van der Waals surface area contributed by atoms with Crippen LogP contribution in [0.2, 0.25) is 0 Å². The molecule has 0 radical (unpaired) electrons. The number of rotatable bonds is 3. The first-order valence-electron chi connectivity index (χ1n) is 7.05. The molecule has 0 amide bonds. The molecule has 0 saturated carbocycles. The van der Waals surface area contributed by atoms with Crippen molar-refractivity contribution in [3.63, 3.8) is 0 Å². The second-order valence-electron chi connectivity index (χ2n) is 5.80. The molecule has 1 fully saturated rings. The number of benzene rings is 1. The van der Waals surface area contributed by atoms with E-state index in [0.29, 0.717) is 12.1 Å². The lowest BCUT2D eigenvalue weighted by molar-refractivity contribution is 0.0379. The number of likely N-dealkylation sites (tertiary alicyclic amines) is 1. The number of aryl methyl sites for hydroxylation is 1. The number of piperidine rings is 1. The number of nitrogens with zero attached hydrogens (tertiary/aromatic N) is 1. The molecule has 1 aliphatic rings. The molecule has 1 aromatic rings. The van der Waals surface area contributed by atoms with Gasteiger partial charge in [0.2, 0.25) is 0 Å². The molecule has 0 bridgehead atoms. The van der Waals surface area contributed by atoms with Gasteiger partial charge in [-0.15, -0.1) is 12.4 Å². The highest BCUT2D eigenvalue weighted by atomic mass is 35.5. The van der Waals surface area contributed by atoms with Crippen LogP contribution < -0.4 is 0 Å². The number of hydrogen-bond acceptors (Lipinski definition) is 2. The molecule has 1 heterocycles. The van der Waals surface area contributed by atoms with Crippen LogP contribution in [-0.2, 0) is 0 Å². The maximum atomic E-state index is 9.55. The van der Waals surface area contributed by atoms with Gasteiger partial charge in [-0.05, 0) is 38.2 Å². The summed E-state index contributed by atoms with van der Waals surface area (Å²) in [6, 6.07) is 9.50. The Morgan fingerprint density at radius 2 is 1.89 bits per heavy atom. The van der Waals surface area contributed by atoms with Gasteiger partial charge in [0.05, 0.1) is 6.61 Å². The summed E-state index contributed by atoms with van der Waals surface area (Å²) in [7, 11) is 0. The van der Waals surface area contributed by atoms with Crippen LogP contribution in [0.5, 0.6) is 0 Å². The first-order chi connectivity index (χ1) is 8.61. The van der Waals surface area contributed by atoms with E-state index in [4.69, 9.17) is 0 Å². The van der Waals surface area contributed by atoms with Crippen LogP contribution >= 0.6 is 12.4 Å². The van der Waals surface area contributed by atoms with Crippen molar-refractivity contribution in [2.24, 2.45) is 5.92 Å². The van der Waals surface area contributed by atoms with Gasteiger partial charge in [-0.1, -0.05) is 36.8 Å². The average molecular weight is 284 g/mol. The largest absolute Gasteiger partial charge is 0.395 e. The molecule has 0 aromatic heterocycles. The summed E-state index contributed by atoms with van der Waals surface area (Å²) in [6.45, 7) is 8.06.